The van der Waals surface area contributed by atoms with Crippen LogP contribution in [0.4, 0.5) is 0 Å². The molecule has 1 atom stereocenters. The van der Waals surface area contributed by atoms with E-state index in [0.717, 1.165) is 17.8 Å². The van der Waals surface area contributed by atoms with Gasteiger partial charge in [-0.15, -0.1) is 11.6 Å². The predicted octanol–water partition coefficient (Wildman–Crippen LogP) is 4.72. The highest BCUT2D eigenvalue weighted by atomic mass is 35.5. The minimum atomic E-state index is -0.672. The molecule has 0 saturated carbocycles. The Hall–Kier alpha value is -0.273. The van der Waals surface area contributed by atoms with E-state index in [-0.39, 0.29) is 5.41 Å². The molecular weight excluding hydrogens is 244 g/mol. The summed E-state index contributed by atoms with van der Waals surface area (Å²) in [5.74, 6) is 0.775. The standard InChI is InChI=1S/C15H25ClSi/c1-15(2,3)13-8-6-12(7-9-13)14(10-11-16)17(4)5/h6-9,14,17H,10-11H2,1-5H3. The summed E-state index contributed by atoms with van der Waals surface area (Å²) in [4.78, 5) is 0. The van der Waals surface area contributed by atoms with Crippen molar-refractivity contribution in [1.29, 1.82) is 0 Å². The average molecular weight is 269 g/mol. The zero-order valence-corrected chi connectivity index (χ0v) is 13.7. The van der Waals surface area contributed by atoms with E-state index in [1.54, 1.807) is 0 Å². The van der Waals surface area contributed by atoms with Crippen molar-refractivity contribution in [2.24, 2.45) is 0 Å². The fourth-order valence-electron chi connectivity index (χ4n) is 2.23. The van der Waals surface area contributed by atoms with Gasteiger partial charge in [-0.3, -0.25) is 0 Å². The molecule has 17 heavy (non-hydrogen) atoms. The molecule has 0 radical (unpaired) electrons. The average Bonchev–Trinajstić information content (AvgIpc) is 2.24. The number of halogens is 1. The highest BCUT2D eigenvalue weighted by Gasteiger charge is 2.18. The lowest BCUT2D eigenvalue weighted by Crippen LogP contribution is -2.17. The van der Waals surface area contributed by atoms with E-state index >= 15 is 0 Å². The SMILES string of the molecule is C[SiH](C)C(CCCl)c1ccc(C(C)(C)C)cc1. The van der Waals surface area contributed by atoms with E-state index in [9.17, 15) is 0 Å². The van der Waals surface area contributed by atoms with Crippen molar-refractivity contribution in [2.45, 2.75) is 51.2 Å². The van der Waals surface area contributed by atoms with Gasteiger partial charge in [-0.2, -0.15) is 0 Å². The van der Waals surface area contributed by atoms with Crippen molar-refractivity contribution in [3.05, 3.63) is 35.4 Å². The Morgan fingerprint density at radius 3 is 2.00 bits per heavy atom. The van der Waals surface area contributed by atoms with Crippen LogP contribution in [-0.4, -0.2) is 14.7 Å². The number of hydrogen-bond acceptors (Lipinski definition) is 0. The van der Waals surface area contributed by atoms with Gasteiger partial charge in [-0.1, -0.05) is 58.1 Å². The van der Waals surface area contributed by atoms with Crippen LogP contribution in [0.25, 0.3) is 0 Å². The van der Waals surface area contributed by atoms with Gasteiger partial charge in [-0.05, 0) is 28.5 Å². The lowest BCUT2D eigenvalue weighted by atomic mass is 9.86. The van der Waals surface area contributed by atoms with E-state index in [4.69, 9.17) is 11.6 Å². The summed E-state index contributed by atoms with van der Waals surface area (Å²) in [6, 6.07) is 9.19. The van der Waals surface area contributed by atoms with Crippen molar-refractivity contribution < 1.29 is 0 Å². The molecule has 1 aromatic rings. The summed E-state index contributed by atoms with van der Waals surface area (Å²) in [7, 11) is -0.672. The van der Waals surface area contributed by atoms with E-state index in [0.29, 0.717) is 0 Å². The van der Waals surface area contributed by atoms with Crippen LogP contribution in [0.1, 0.15) is 43.9 Å². The Bertz CT molecular complexity index is 335. The summed E-state index contributed by atoms with van der Waals surface area (Å²) in [6.45, 7) is 11.6. The number of benzene rings is 1. The molecule has 1 aromatic carbocycles. The minimum Gasteiger partial charge on any atom is -0.127 e. The van der Waals surface area contributed by atoms with E-state index in [1.165, 1.54) is 11.1 Å². The van der Waals surface area contributed by atoms with Gasteiger partial charge in [0.25, 0.3) is 0 Å². The largest absolute Gasteiger partial charge is 0.127 e. The van der Waals surface area contributed by atoms with Gasteiger partial charge < -0.3 is 0 Å². The second-order valence-electron chi connectivity index (χ2n) is 6.20. The maximum atomic E-state index is 5.92. The molecule has 0 heterocycles. The van der Waals surface area contributed by atoms with Crippen molar-refractivity contribution in [3.63, 3.8) is 0 Å². The molecule has 0 aliphatic carbocycles. The third-order valence-electron chi connectivity index (χ3n) is 3.43. The Labute approximate surface area is 113 Å². The smallest absolute Gasteiger partial charge is 0.0388 e. The zero-order valence-electron chi connectivity index (χ0n) is 11.8. The van der Waals surface area contributed by atoms with Gasteiger partial charge in [0.1, 0.15) is 0 Å². The first-order valence-electron chi connectivity index (χ1n) is 6.52. The van der Waals surface area contributed by atoms with Crippen LogP contribution in [0.3, 0.4) is 0 Å². The first-order valence-corrected chi connectivity index (χ1v) is 10.0. The van der Waals surface area contributed by atoms with Gasteiger partial charge in [-0.25, -0.2) is 0 Å². The molecule has 0 nitrogen and oxygen atoms in total. The summed E-state index contributed by atoms with van der Waals surface area (Å²) in [5, 5.41) is 0. The lowest BCUT2D eigenvalue weighted by Gasteiger charge is -2.23. The highest BCUT2D eigenvalue weighted by molar-refractivity contribution is 6.57. The number of hydrogen-bond donors (Lipinski definition) is 0. The molecule has 1 rings (SSSR count). The molecule has 0 fully saturated rings. The fourth-order valence-corrected chi connectivity index (χ4v) is 4.50. The summed E-state index contributed by atoms with van der Waals surface area (Å²) < 4.78 is 0. The van der Waals surface area contributed by atoms with Crippen LogP contribution < -0.4 is 0 Å². The van der Waals surface area contributed by atoms with E-state index < -0.39 is 8.80 Å². The molecule has 96 valence electrons. The predicted molar refractivity (Wildman–Crippen MR) is 82.1 cm³/mol. The van der Waals surface area contributed by atoms with Crippen molar-refractivity contribution in [1.82, 2.24) is 0 Å². The molecule has 0 bridgehead atoms. The Morgan fingerprint density at radius 1 is 1.12 bits per heavy atom. The van der Waals surface area contributed by atoms with Crippen molar-refractivity contribution in [2.75, 3.05) is 5.88 Å². The Balaban J connectivity index is 2.92. The number of alkyl halides is 1. The van der Waals surface area contributed by atoms with Gasteiger partial charge >= 0.3 is 0 Å². The first kappa shape index (κ1) is 14.8. The molecular formula is C15H25ClSi. The van der Waals surface area contributed by atoms with E-state index in [1.807, 2.05) is 0 Å². The first-order chi connectivity index (χ1) is 7.86. The van der Waals surface area contributed by atoms with E-state index in [2.05, 4.69) is 58.1 Å². The fraction of sp³-hybridized carbons (Fsp3) is 0.600. The summed E-state index contributed by atoms with van der Waals surface area (Å²) >= 11 is 5.92. The molecule has 1 unspecified atom stereocenters. The minimum absolute atomic E-state index is 0.246. The quantitative estimate of drug-likeness (QED) is 0.547. The second kappa shape index (κ2) is 6.06. The maximum absolute atomic E-state index is 5.92. The molecule has 0 saturated heterocycles. The third kappa shape index (κ3) is 4.15. The van der Waals surface area contributed by atoms with Crippen molar-refractivity contribution in [3.8, 4) is 0 Å². The summed E-state index contributed by atoms with van der Waals surface area (Å²) in [5.41, 5.74) is 3.87. The molecule has 0 N–H and O–H groups in total. The monoisotopic (exact) mass is 268 g/mol. The van der Waals surface area contributed by atoms with Gasteiger partial charge in [0.05, 0.1) is 0 Å². The Morgan fingerprint density at radius 2 is 1.65 bits per heavy atom. The Kier molecular flexibility index (Phi) is 5.27. The second-order valence-corrected chi connectivity index (χ2v) is 9.87. The van der Waals surface area contributed by atoms with Crippen LogP contribution in [0, 0.1) is 0 Å². The number of rotatable bonds is 4. The zero-order chi connectivity index (χ0) is 13.1. The third-order valence-corrected chi connectivity index (χ3v) is 5.98. The molecule has 0 spiro atoms. The van der Waals surface area contributed by atoms with Gasteiger partial charge in [0.2, 0.25) is 0 Å². The summed E-state index contributed by atoms with van der Waals surface area (Å²) in [6.07, 6.45) is 1.13. The molecule has 2 heteroatoms. The van der Waals surface area contributed by atoms with Crippen LogP contribution in [-0.2, 0) is 5.41 Å². The normalized spacial score (nSPS) is 14.1. The highest BCUT2D eigenvalue weighted by Crippen LogP contribution is 2.27. The van der Waals surface area contributed by atoms with Crippen LogP contribution in [0.5, 0.6) is 0 Å². The van der Waals surface area contributed by atoms with Gasteiger partial charge in [0, 0.05) is 14.7 Å². The molecule has 0 aliphatic heterocycles. The molecule has 0 aliphatic rings. The van der Waals surface area contributed by atoms with Crippen LogP contribution in [0.15, 0.2) is 24.3 Å². The molecule has 0 aromatic heterocycles. The van der Waals surface area contributed by atoms with Gasteiger partial charge in [0.15, 0.2) is 0 Å². The topological polar surface area (TPSA) is 0 Å². The lowest BCUT2D eigenvalue weighted by molar-refractivity contribution is 0.590. The maximum Gasteiger partial charge on any atom is 0.0388 e. The van der Waals surface area contributed by atoms with Crippen LogP contribution in [0.2, 0.25) is 13.1 Å². The van der Waals surface area contributed by atoms with Crippen LogP contribution >= 0.6 is 11.6 Å². The molecule has 0 amide bonds. The van der Waals surface area contributed by atoms with Crippen molar-refractivity contribution >= 4 is 20.4 Å².